The first-order chi connectivity index (χ1) is 18.0. The van der Waals surface area contributed by atoms with Crippen molar-refractivity contribution in [2.75, 3.05) is 12.4 Å². The third-order valence-corrected chi connectivity index (χ3v) is 7.31. The molecule has 1 amide bonds. The number of fused-ring (bicyclic) bond motifs is 1. The Hall–Kier alpha value is -2.70. The van der Waals surface area contributed by atoms with Crippen LogP contribution in [-0.4, -0.2) is 26.0 Å². The van der Waals surface area contributed by atoms with E-state index in [4.69, 9.17) is 27.9 Å². The SMILES string of the molecule is CCc1cc(S(=O)(=O)O)c(Cl)cc1N=Nc1c([O-])c(C(=O)Nc2ccc(Cl)c(OC)c2)cc2ccccc12.[Na+]. The first-order valence-corrected chi connectivity index (χ1v) is 13.3. The van der Waals surface area contributed by atoms with E-state index in [0.717, 1.165) is 0 Å². The summed E-state index contributed by atoms with van der Waals surface area (Å²) >= 11 is 12.1. The summed E-state index contributed by atoms with van der Waals surface area (Å²) in [5.74, 6) is -0.980. The minimum Gasteiger partial charge on any atom is -0.870 e. The van der Waals surface area contributed by atoms with Crippen molar-refractivity contribution in [3.8, 4) is 11.5 Å². The van der Waals surface area contributed by atoms with Gasteiger partial charge in [-0.1, -0.05) is 60.1 Å². The standard InChI is InChI=1S/C26H21Cl2N3O6S.Na/c1-3-14-11-23(38(34,35)36)20(28)13-21(14)30-31-24-17-7-5-4-6-15(17)10-18(25(24)32)26(33)29-16-8-9-19(27)22(12-16)37-2;/h4-13,32H,3H2,1-2H3,(H,29,33)(H,34,35,36);/q;+1/p-1. The van der Waals surface area contributed by atoms with Gasteiger partial charge in [0.15, 0.2) is 0 Å². The number of methoxy groups -OCH3 is 1. The molecular weight excluding hydrogens is 576 g/mol. The van der Waals surface area contributed by atoms with Gasteiger partial charge in [-0.05, 0) is 47.7 Å². The Morgan fingerprint density at radius 2 is 1.77 bits per heavy atom. The normalized spacial score (nSPS) is 11.4. The van der Waals surface area contributed by atoms with Gasteiger partial charge in [-0.2, -0.15) is 18.6 Å². The first kappa shape index (κ1) is 30.8. The monoisotopic (exact) mass is 595 g/mol. The Bertz CT molecular complexity index is 1710. The van der Waals surface area contributed by atoms with Gasteiger partial charge in [-0.3, -0.25) is 9.35 Å². The van der Waals surface area contributed by atoms with Crippen LogP contribution in [0.15, 0.2) is 75.8 Å². The number of anilines is 1. The maximum Gasteiger partial charge on any atom is 1.00 e. The van der Waals surface area contributed by atoms with Gasteiger partial charge >= 0.3 is 29.6 Å². The molecule has 0 heterocycles. The molecule has 0 atom stereocenters. The average Bonchev–Trinajstić information content (AvgIpc) is 2.88. The number of nitrogens with zero attached hydrogens (tertiary/aromatic N) is 2. The van der Waals surface area contributed by atoms with E-state index in [1.54, 1.807) is 43.3 Å². The molecule has 4 rings (SSSR count). The van der Waals surface area contributed by atoms with Gasteiger partial charge in [-0.15, -0.1) is 0 Å². The fourth-order valence-corrected chi connectivity index (χ4v) is 5.02. The van der Waals surface area contributed by atoms with Crippen molar-refractivity contribution in [3.05, 3.63) is 81.8 Å². The summed E-state index contributed by atoms with van der Waals surface area (Å²) < 4.78 is 37.8. The number of benzene rings is 4. The molecule has 0 aliphatic heterocycles. The molecule has 4 aromatic rings. The van der Waals surface area contributed by atoms with Gasteiger partial charge in [0.05, 0.1) is 28.5 Å². The van der Waals surface area contributed by atoms with E-state index in [1.807, 2.05) is 0 Å². The van der Waals surface area contributed by atoms with E-state index in [0.29, 0.717) is 39.2 Å². The number of carbonyl (C=O) groups excluding carboxylic acids is 1. The van der Waals surface area contributed by atoms with Crippen LogP contribution < -0.4 is 44.7 Å². The first-order valence-electron chi connectivity index (χ1n) is 11.1. The summed E-state index contributed by atoms with van der Waals surface area (Å²) in [4.78, 5) is 12.7. The Labute approximate surface area is 256 Å². The van der Waals surface area contributed by atoms with Gasteiger partial charge in [0.1, 0.15) is 10.6 Å². The van der Waals surface area contributed by atoms with Gasteiger partial charge in [-0.25, -0.2) is 0 Å². The summed E-state index contributed by atoms with van der Waals surface area (Å²) in [6.45, 7) is 1.75. The third kappa shape index (κ3) is 6.72. The van der Waals surface area contributed by atoms with Crippen LogP contribution in [0.4, 0.5) is 17.1 Å². The molecule has 0 bridgehead atoms. The molecule has 13 heteroatoms. The summed E-state index contributed by atoms with van der Waals surface area (Å²) in [6, 6.07) is 15.4. The number of amides is 1. The Balaban J connectivity index is 0.00000420. The molecule has 9 nitrogen and oxygen atoms in total. The zero-order valence-corrected chi connectivity index (χ0v) is 25.4. The molecule has 0 aliphatic rings. The summed E-state index contributed by atoms with van der Waals surface area (Å²) in [7, 11) is -3.11. The molecule has 2 N–H and O–H groups in total. The van der Waals surface area contributed by atoms with Crippen LogP contribution in [0.1, 0.15) is 22.8 Å². The molecule has 196 valence electrons. The molecule has 0 saturated carbocycles. The maximum atomic E-state index is 13.4. The zero-order chi connectivity index (χ0) is 27.6. The average molecular weight is 596 g/mol. The van der Waals surface area contributed by atoms with Crippen LogP contribution in [0.3, 0.4) is 0 Å². The number of rotatable bonds is 7. The van der Waals surface area contributed by atoms with E-state index in [-0.39, 0.29) is 51.5 Å². The van der Waals surface area contributed by atoms with E-state index < -0.39 is 26.7 Å². The quantitative estimate of drug-likeness (QED) is 0.189. The number of hydrogen-bond acceptors (Lipinski definition) is 7. The molecule has 0 aromatic heterocycles. The summed E-state index contributed by atoms with van der Waals surface area (Å²) in [5.41, 5.74) is 0.749. The molecule has 0 saturated heterocycles. The number of carbonyl (C=O) groups is 1. The van der Waals surface area contributed by atoms with Crippen LogP contribution in [-0.2, 0) is 16.5 Å². The van der Waals surface area contributed by atoms with Crippen LogP contribution in [0, 0.1) is 0 Å². The Kier molecular flexibility index (Phi) is 10.0. The Morgan fingerprint density at radius 3 is 2.44 bits per heavy atom. The number of ether oxygens (including phenoxy) is 1. The van der Waals surface area contributed by atoms with Gasteiger partial charge in [0.2, 0.25) is 0 Å². The van der Waals surface area contributed by atoms with Crippen molar-refractivity contribution in [3.63, 3.8) is 0 Å². The van der Waals surface area contributed by atoms with Crippen LogP contribution in [0.2, 0.25) is 10.0 Å². The molecule has 0 fully saturated rings. The molecule has 4 aromatic carbocycles. The van der Waals surface area contributed by atoms with Crippen molar-refractivity contribution in [1.82, 2.24) is 0 Å². The number of azo groups is 1. The zero-order valence-electron chi connectivity index (χ0n) is 21.0. The fourth-order valence-electron chi connectivity index (χ4n) is 3.78. The fraction of sp³-hybridized carbons (Fsp3) is 0.115. The maximum absolute atomic E-state index is 13.4. The largest absolute Gasteiger partial charge is 1.00 e. The molecular formula is C26H20Cl2N3NaO6S. The predicted octanol–water partition coefficient (Wildman–Crippen LogP) is 3.71. The topological polar surface area (TPSA) is 140 Å². The van der Waals surface area contributed by atoms with E-state index in [1.165, 1.54) is 31.4 Å². The minimum absolute atomic E-state index is 0. The van der Waals surface area contributed by atoms with Crippen molar-refractivity contribution in [2.45, 2.75) is 18.2 Å². The van der Waals surface area contributed by atoms with Crippen LogP contribution >= 0.6 is 23.2 Å². The minimum atomic E-state index is -4.55. The van der Waals surface area contributed by atoms with Gasteiger partial charge in [0.25, 0.3) is 16.0 Å². The second-order valence-corrected chi connectivity index (χ2v) is 10.3. The van der Waals surface area contributed by atoms with E-state index >= 15 is 0 Å². The molecule has 39 heavy (non-hydrogen) atoms. The molecule has 0 unspecified atom stereocenters. The van der Waals surface area contributed by atoms with E-state index in [2.05, 4.69) is 15.5 Å². The second kappa shape index (κ2) is 12.6. The third-order valence-electron chi connectivity index (χ3n) is 5.68. The Morgan fingerprint density at radius 1 is 1.05 bits per heavy atom. The molecule has 0 radical (unpaired) electrons. The van der Waals surface area contributed by atoms with Crippen molar-refractivity contribution >= 4 is 67.1 Å². The predicted molar refractivity (Wildman–Crippen MR) is 144 cm³/mol. The van der Waals surface area contributed by atoms with E-state index in [9.17, 15) is 22.9 Å². The summed E-state index contributed by atoms with van der Waals surface area (Å²) in [6.07, 6.45) is 0.339. The number of nitrogens with one attached hydrogen (secondary N) is 1. The van der Waals surface area contributed by atoms with Gasteiger partial charge in [0, 0.05) is 22.7 Å². The van der Waals surface area contributed by atoms with Crippen molar-refractivity contribution < 1.29 is 57.2 Å². The second-order valence-electron chi connectivity index (χ2n) is 8.07. The number of aryl methyl sites for hydroxylation is 1. The molecule has 0 aliphatic carbocycles. The van der Waals surface area contributed by atoms with Crippen LogP contribution in [0.25, 0.3) is 10.8 Å². The van der Waals surface area contributed by atoms with Crippen molar-refractivity contribution in [1.29, 1.82) is 0 Å². The number of halogens is 2. The molecule has 0 spiro atoms. The smallest absolute Gasteiger partial charge is 0.870 e. The van der Waals surface area contributed by atoms with Crippen LogP contribution in [0.5, 0.6) is 11.5 Å². The number of hydrogen-bond donors (Lipinski definition) is 2. The van der Waals surface area contributed by atoms with Gasteiger partial charge < -0.3 is 15.2 Å². The summed E-state index contributed by atoms with van der Waals surface area (Å²) in [5, 5.41) is 25.6. The van der Waals surface area contributed by atoms with Crippen molar-refractivity contribution in [2.24, 2.45) is 10.2 Å².